The number of halogens is 1. The van der Waals surface area contributed by atoms with Gasteiger partial charge in [-0.05, 0) is 24.3 Å². The minimum Gasteiger partial charge on any atom is -0.486 e. The first-order valence-corrected chi connectivity index (χ1v) is 5.85. The summed E-state index contributed by atoms with van der Waals surface area (Å²) in [4.78, 5) is 8.26. The van der Waals surface area contributed by atoms with E-state index in [-0.39, 0.29) is 0 Å². The van der Waals surface area contributed by atoms with Gasteiger partial charge in [0.25, 0.3) is 0 Å². The maximum Gasteiger partial charge on any atom is 0.155 e. The normalized spacial score (nSPS) is 10.7. The zero-order chi connectivity index (χ0) is 12.4. The molecule has 0 aromatic carbocycles. The first kappa shape index (κ1) is 11.0. The van der Waals surface area contributed by atoms with Crippen molar-refractivity contribution < 1.29 is 4.74 Å². The molecule has 0 saturated carbocycles. The second-order valence-electron chi connectivity index (χ2n) is 3.78. The van der Waals surface area contributed by atoms with Crippen molar-refractivity contribution in [2.45, 2.75) is 6.61 Å². The number of fused-ring (bicyclic) bond motifs is 1. The fourth-order valence-corrected chi connectivity index (χ4v) is 1.94. The zero-order valence-corrected chi connectivity index (χ0v) is 10.2. The molecule has 90 valence electrons. The van der Waals surface area contributed by atoms with E-state index in [4.69, 9.17) is 16.3 Å². The highest BCUT2D eigenvalue weighted by Crippen LogP contribution is 2.18. The molecule has 3 aromatic rings. The first-order chi connectivity index (χ1) is 8.84. The molecule has 0 radical (unpaired) electrons. The Balaban J connectivity index is 1.85. The van der Waals surface area contributed by atoms with Crippen LogP contribution in [0, 0.1) is 0 Å². The second-order valence-corrected chi connectivity index (χ2v) is 4.18. The van der Waals surface area contributed by atoms with Crippen LogP contribution in [-0.4, -0.2) is 14.4 Å². The Labute approximate surface area is 109 Å². The zero-order valence-electron chi connectivity index (χ0n) is 9.45. The number of hydrogen-bond acceptors (Lipinski definition) is 3. The van der Waals surface area contributed by atoms with Gasteiger partial charge in [-0.2, -0.15) is 0 Å². The van der Waals surface area contributed by atoms with E-state index in [1.807, 2.05) is 34.9 Å². The summed E-state index contributed by atoms with van der Waals surface area (Å²) in [6.45, 7) is 0.424. The van der Waals surface area contributed by atoms with Crippen molar-refractivity contribution in [2.24, 2.45) is 0 Å². The lowest BCUT2D eigenvalue weighted by atomic mass is 10.4. The van der Waals surface area contributed by atoms with Gasteiger partial charge in [-0.3, -0.25) is 9.38 Å². The molecule has 18 heavy (non-hydrogen) atoms. The van der Waals surface area contributed by atoms with E-state index >= 15 is 0 Å². The van der Waals surface area contributed by atoms with Gasteiger partial charge < -0.3 is 4.74 Å². The molecule has 0 aliphatic rings. The van der Waals surface area contributed by atoms with E-state index in [9.17, 15) is 0 Å². The summed E-state index contributed by atoms with van der Waals surface area (Å²) in [7, 11) is 0. The van der Waals surface area contributed by atoms with Crippen LogP contribution in [0.15, 0.2) is 49.1 Å². The first-order valence-electron chi connectivity index (χ1n) is 5.48. The molecule has 3 heterocycles. The van der Waals surface area contributed by atoms with Crippen LogP contribution in [-0.2, 0) is 6.61 Å². The van der Waals surface area contributed by atoms with Crippen molar-refractivity contribution in [3.05, 3.63) is 59.8 Å². The average Bonchev–Trinajstić information content (AvgIpc) is 2.82. The minimum atomic E-state index is 0.424. The van der Waals surface area contributed by atoms with Crippen LogP contribution in [0.1, 0.15) is 5.69 Å². The number of nitrogens with zero attached hydrogens (tertiary/aromatic N) is 3. The molecule has 4 nitrogen and oxygen atoms in total. The van der Waals surface area contributed by atoms with Gasteiger partial charge in [-0.25, -0.2) is 4.98 Å². The van der Waals surface area contributed by atoms with Gasteiger partial charge in [0.2, 0.25) is 0 Å². The van der Waals surface area contributed by atoms with Gasteiger partial charge in [0.15, 0.2) is 5.65 Å². The van der Waals surface area contributed by atoms with Crippen LogP contribution in [0.2, 0.25) is 5.02 Å². The summed E-state index contributed by atoms with van der Waals surface area (Å²) >= 11 is 6.05. The highest BCUT2D eigenvalue weighted by Gasteiger charge is 2.06. The van der Waals surface area contributed by atoms with E-state index in [2.05, 4.69) is 9.97 Å². The molecule has 0 saturated heterocycles. The van der Waals surface area contributed by atoms with Crippen LogP contribution >= 0.6 is 11.6 Å². The Morgan fingerprint density at radius 2 is 2.17 bits per heavy atom. The summed E-state index contributed by atoms with van der Waals surface area (Å²) in [6.07, 6.45) is 7.06. The summed E-state index contributed by atoms with van der Waals surface area (Å²) < 4.78 is 7.55. The molecule has 0 unspecified atom stereocenters. The monoisotopic (exact) mass is 259 g/mol. The van der Waals surface area contributed by atoms with E-state index in [0.717, 1.165) is 17.1 Å². The van der Waals surface area contributed by atoms with Gasteiger partial charge in [0, 0.05) is 12.4 Å². The van der Waals surface area contributed by atoms with Crippen LogP contribution < -0.4 is 4.74 Å². The lowest BCUT2D eigenvalue weighted by molar-refractivity contribution is 0.299. The highest BCUT2D eigenvalue weighted by atomic mass is 35.5. The molecular formula is C13H10ClN3O. The van der Waals surface area contributed by atoms with Crippen LogP contribution in [0.4, 0.5) is 0 Å². The minimum absolute atomic E-state index is 0.424. The maximum absolute atomic E-state index is 6.05. The predicted molar refractivity (Wildman–Crippen MR) is 68.8 cm³/mol. The van der Waals surface area contributed by atoms with Gasteiger partial charge in [-0.1, -0.05) is 11.6 Å². The number of hydrogen-bond donors (Lipinski definition) is 0. The predicted octanol–water partition coefficient (Wildman–Crippen LogP) is 2.96. The number of ether oxygens (including phenoxy) is 1. The fraction of sp³-hybridized carbons (Fsp3) is 0.0769. The fourth-order valence-electron chi connectivity index (χ4n) is 1.72. The van der Waals surface area contributed by atoms with Crippen LogP contribution in [0.25, 0.3) is 5.65 Å². The number of rotatable bonds is 3. The molecule has 0 aliphatic carbocycles. The Kier molecular flexibility index (Phi) is 2.86. The van der Waals surface area contributed by atoms with Crippen LogP contribution in [0.5, 0.6) is 5.75 Å². The average molecular weight is 260 g/mol. The second kappa shape index (κ2) is 4.66. The lowest BCUT2D eigenvalue weighted by Crippen LogP contribution is -1.99. The molecule has 3 rings (SSSR count). The summed E-state index contributed by atoms with van der Waals surface area (Å²) in [6, 6.07) is 7.39. The molecule has 3 aromatic heterocycles. The van der Waals surface area contributed by atoms with Crippen molar-refractivity contribution in [2.75, 3.05) is 0 Å². The Morgan fingerprint density at radius 1 is 1.22 bits per heavy atom. The smallest absolute Gasteiger partial charge is 0.155 e. The third-order valence-electron chi connectivity index (χ3n) is 2.59. The largest absolute Gasteiger partial charge is 0.486 e. The molecule has 0 aliphatic heterocycles. The van der Waals surface area contributed by atoms with E-state index in [1.165, 1.54) is 0 Å². The number of imidazole rings is 1. The Morgan fingerprint density at radius 3 is 3.00 bits per heavy atom. The highest BCUT2D eigenvalue weighted by molar-refractivity contribution is 6.33. The quantitative estimate of drug-likeness (QED) is 0.726. The molecule has 0 amide bonds. The van der Waals surface area contributed by atoms with Gasteiger partial charge >= 0.3 is 0 Å². The Hall–Kier alpha value is -2.07. The SMILES string of the molecule is Clc1cccn2c(COc3cccnc3)cnc12. The van der Waals surface area contributed by atoms with Crippen molar-refractivity contribution in [3.8, 4) is 5.75 Å². The molecule has 0 fully saturated rings. The van der Waals surface area contributed by atoms with Gasteiger partial charge in [0.05, 0.1) is 23.1 Å². The van der Waals surface area contributed by atoms with E-state index < -0.39 is 0 Å². The maximum atomic E-state index is 6.05. The van der Waals surface area contributed by atoms with E-state index in [1.54, 1.807) is 18.6 Å². The molecule has 0 spiro atoms. The number of pyridine rings is 2. The standard InChI is InChI=1S/C13H10ClN3O/c14-12-4-2-6-17-10(7-16-13(12)17)9-18-11-3-1-5-15-8-11/h1-8H,9H2. The van der Waals surface area contributed by atoms with Gasteiger partial charge in [-0.15, -0.1) is 0 Å². The molecule has 0 N–H and O–H groups in total. The lowest BCUT2D eigenvalue weighted by Gasteiger charge is -2.05. The molecule has 0 atom stereocenters. The topological polar surface area (TPSA) is 39.4 Å². The Bertz CT molecular complexity index is 666. The van der Waals surface area contributed by atoms with Gasteiger partial charge in [0.1, 0.15) is 12.4 Å². The molecule has 0 bridgehead atoms. The van der Waals surface area contributed by atoms with E-state index in [0.29, 0.717) is 11.6 Å². The van der Waals surface area contributed by atoms with Crippen molar-refractivity contribution in [1.82, 2.24) is 14.4 Å². The summed E-state index contributed by atoms with van der Waals surface area (Å²) in [5.41, 5.74) is 1.68. The van der Waals surface area contributed by atoms with Crippen molar-refractivity contribution >= 4 is 17.2 Å². The van der Waals surface area contributed by atoms with Crippen molar-refractivity contribution in [1.29, 1.82) is 0 Å². The summed E-state index contributed by atoms with van der Waals surface area (Å²) in [5, 5.41) is 0.630. The van der Waals surface area contributed by atoms with Crippen molar-refractivity contribution in [3.63, 3.8) is 0 Å². The molecular weight excluding hydrogens is 250 g/mol. The third kappa shape index (κ3) is 2.02. The number of aromatic nitrogens is 3. The third-order valence-corrected chi connectivity index (χ3v) is 2.88. The summed E-state index contributed by atoms with van der Waals surface area (Å²) in [5.74, 6) is 0.731. The molecule has 5 heteroatoms. The van der Waals surface area contributed by atoms with Crippen LogP contribution in [0.3, 0.4) is 0 Å².